The van der Waals surface area contributed by atoms with E-state index in [0.29, 0.717) is 17.2 Å². The molecular formula is C19H26N2O3S2. The summed E-state index contributed by atoms with van der Waals surface area (Å²) in [5.41, 5.74) is 0.914. The van der Waals surface area contributed by atoms with Crippen LogP contribution in [0.1, 0.15) is 28.1 Å². The molecule has 5 nitrogen and oxygen atoms in total. The number of nitrogens with zero attached hydrogens (tertiary/aromatic N) is 1. The number of hydrogen-bond donors (Lipinski definition) is 1. The minimum absolute atomic E-state index is 0.0435. The third-order valence-electron chi connectivity index (χ3n) is 4.54. The maximum Gasteiger partial charge on any atom is 0.261 e. The Morgan fingerprint density at radius 2 is 2.04 bits per heavy atom. The summed E-state index contributed by atoms with van der Waals surface area (Å²) in [5, 5.41) is 4.09. The number of morpholine rings is 1. The van der Waals surface area contributed by atoms with Gasteiger partial charge in [0, 0.05) is 41.4 Å². The number of benzene rings is 1. The standard InChI is InChI=1S/C19H26N2O3S2/c1-26(23)14-16-15-6-2-3-7-17(15)25-18(16)19(22)20-8-4-5-9-21-10-12-24-13-11-21/h2-3,6-7H,4-5,8-14H2,1H3,(H,20,22)/t26-/m1/s1. The highest BCUT2D eigenvalue weighted by atomic mass is 32.2. The van der Waals surface area contributed by atoms with Gasteiger partial charge in [-0.3, -0.25) is 13.9 Å². The first-order valence-electron chi connectivity index (χ1n) is 9.04. The average Bonchev–Trinajstić information content (AvgIpc) is 3.00. The van der Waals surface area contributed by atoms with E-state index in [2.05, 4.69) is 10.2 Å². The topological polar surface area (TPSA) is 58.6 Å². The van der Waals surface area contributed by atoms with Gasteiger partial charge in [-0.25, -0.2) is 0 Å². The minimum atomic E-state index is -0.979. The maximum absolute atomic E-state index is 12.7. The lowest BCUT2D eigenvalue weighted by Crippen LogP contribution is -2.37. The van der Waals surface area contributed by atoms with E-state index in [9.17, 15) is 9.00 Å². The molecule has 1 atom stereocenters. The van der Waals surface area contributed by atoms with Crippen LogP contribution in [-0.4, -0.2) is 60.7 Å². The Hall–Kier alpha value is -1.28. The predicted molar refractivity (Wildman–Crippen MR) is 108 cm³/mol. The summed E-state index contributed by atoms with van der Waals surface area (Å²) in [5.74, 6) is 0.377. The fourth-order valence-corrected chi connectivity index (χ4v) is 5.13. The fourth-order valence-electron chi connectivity index (χ4n) is 3.20. The molecule has 1 aromatic carbocycles. The predicted octanol–water partition coefficient (Wildman–Crippen LogP) is 2.62. The lowest BCUT2D eigenvalue weighted by atomic mass is 10.1. The van der Waals surface area contributed by atoms with Gasteiger partial charge in [-0.1, -0.05) is 18.2 Å². The molecule has 0 unspecified atom stereocenters. The van der Waals surface area contributed by atoms with Crippen molar-refractivity contribution in [2.45, 2.75) is 18.6 Å². The van der Waals surface area contributed by atoms with E-state index in [0.717, 1.165) is 61.3 Å². The molecule has 1 aromatic heterocycles. The molecule has 1 amide bonds. The zero-order valence-corrected chi connectivity index (χ0v) is 16.8. The Morgan fingerprint density at radius 1 is 1.27 bits per heavy atom. The van der Waals surface area contributed by atoms with Crippen LogP contribution < -0.4 is 5.32 Å². The molecule has 0 spiro atoms. The van der Waals surface area contributed by atoms with Crippen molar-refractivity contribution in [1.29, 1.82) is 0 Å². The number of unbranched alkanes of at least 4 members (excludes halogenated alkanes) is 1. The van der Waals surface area contributed by atoms with Gasteiger partial charge >= 0.3 is 0 Å². The van der Waals surface area contributed by atoms with E-state index >= 15 is 0 Å². The van der Waals surface area contributed by atoms with Crippen LogP contribution in [0.15, 0.2) is 24.3 Å². The van der Waals surface area contributed by atoms with E-state index in [1.807, 2.05) is 24.3 Å². The highest BCUT2D eigenvalue weighted by molar-refractivity contribution is 7.83. The van der Waals surface area contributed by atoms with Crippen molar-refractivity contribution >= 4 is 38.1 Å². The normalized spacial score (nSPS) is 16.7. The van der Waals surface area contributed by atoms with Crippen LogP contribution in [-0.2, 0) is 21.3 Å². The number of rotatable bonds is 8. The molecule has 0 radical (unpaired) electrons. The Bertz CT molecular complexity index is 769. The number of amides is 1. The average molecular weight is 395 g/mol. The summed E-state index contributed by atoms with van der Waals surface area (Å²) in [6.07, 6.45) is 3.71. The van der Waals surface area contributed by atoms with Crippen LogP contribution in [0.3, 0.4) is 0 Å². The van der Waals surface area contributed by atoms with Crippen LogP contribution in [0.25, 0.3) is 10.1 Å². The smallest absolute Gasteiger partial charge is 0.261 e. The largest absolute Gasteiger partial charge is 0.379 e. The number of nitrogens with one attached hydrogen (secondary N) is 1. The molecule has 26 heavy (non-hydrogen) atoms. The van der Waals surface area contributed by atoms with Crippen LogP contribution in [0.5, 0.6) is 0 Å². The van der Waals surface area contributed by atoms with Gasteiger partial charge in [0.05, 0.1) is 23.8 Å². The SMILES string of the molecule is C[S@@](=O)Cc1c(C(=O)NCCCCN2CCOCC2)sc2ccccc12. The van der Waals surface area contributed by atoms with E-state index in [1.54, 1.807) is 6.26 Å². The molecule has 142 valence electrons. The molecule has 1 fully saturated rings. The zero-order valence-electron chi connectivity index (χ0n) is 15.2. The third-order valence-corrected chi connectivity index (χ3v) is 6.45. The summed E-state index contributed by atoms with van der Waals surface area (Å²) in [6.45, 7) is 5.39. The van der Waals surface area contributed by atoms with Gasteiger partial charge in [0.1, 0.15) is 0 Å². The first-order valence-corrected chi connectivity index (χ1v) is 11.6. The quantitative estimate of drug-likeness (QED) is 0.700. The molecule has 1 aliphatic heterocycles. The maximum atomic E-state index is 12.7. The first kappa shape index (κ1) is 19.5. The van der Waals surface area contributed by atoms with Crippen molar-refractivity contribution in [2.75, 3.05) is 45.6 Å². The van der Waals surface area contributed by atoms with E-state index in [-0.39, 0.29) is 5.91 Å². The second kappa shape index (κ2) is 9.60. The number of carbonyl (C=O) groups is 1. The van der Waals surface area contributed by atoms with Crippen LogP contribution in [0, 0.1) is 0 Å². The lowest BCUT2D eigenvalue weighted by Gasteiger charge is -2.26. The Labute approximate surface area is 161 Å². The van der Waals surface area contributed by atoms with Crippen molar-refractivity contribution in [3.63, 3.8) is 0 Å². The van der Waals surface area contributed by atoms with Crippen LogP contribution in [0.2, 0.25) is 0 Å². The summed E-state index contributed by atoms with van der Waals surface area (Å²) in [7, 11) is -0.979. The first-order chi connectivity index (χ1) is 12.6. The number of carbonyl (C=O) groups excluding carboxylic acids is 1. The number of hydrogen-bond acceptors (Lipinski definition) is 5. The van der Waals surface area contributed by atoms with Gasteiger partial charge in [-0.2, -0.15) is 0 Å². The Balaban J connectivity index is 1.54. The molecule has 2 heterocycles. The van der Waals surface area contributed by atoms with Crippen molar-refractivity contribution in [2.24, 2.45) is 0 Å². The lowest BCUT2D eigenvalue weighted by molar-refractivity contribution is 0.0372. The molecule has 2 aromatic rings. The second-order valence-corrected chi connectivity index (χ2v) is 9.03. The van der Waals surface area contributed by atoms with Crippen molar-refractivity contribution in [3.8, 4) is 0 Å². The highest BCUT2D eigenvalue weighted by Crippen LogP contribution is 2.32. The minimum Gasteiger partial charge on any atom is -0.379 e. The summed E-state index contributed by atoms with van der Waals surface area (Å²) in [6, 6.07) is 7.96. The molecule has 0 aliphatic carbocycles. The van der Waals surface area contributed by atoms with E-state index in [4.69, 9.17) is 4.74 Å². The Kier molecular flexibility index (Phi) is 7.19. The van der Waals surface area contributed by atoms with Crippen LogP contribution in [0.4, 0.5) is 0 Å². The molecule has 1 aliphatic rings. The Morgan fingerprint density at radius 3 is 2.81 bits per heavy atom. The molecule has 7 heteroatoms. The molecule has 0 bridgehead atoms. The molecule has 1 N–H and O–H groups in total. The van der Waals surface area contributed by atoms with Gasteiger partial charge in [0.15, 0.2) is 0 Å². The molecule has 1 saturated heterocycles. The van der Waals surface area contributed by atoms with Crippen molar-refractivity contribution < 1.29 is 13.7 Å². The molecule has 3 rings (SSSR count). The zero-order chi connectivity index (χ0) is 18.4. The number of ether oxygens (including phenoxy) is 1. The number of thiophene rings is 1. The van der Waals surface area contributed by atoms with Crippen molar-refractivity contribution in [3.05, 3.63) is 34.7 Å². The summed E-state index contributed by atoms with van der Waals surface area (Å²) < 4.78 is 18.2. The van der Waals surface area contributed by atoms with Crippen LogP contribution >= 0.6 is 11.3 Å². The van der Waals surface area contributed by atoms with E-state index < -0.39 is 10.8 Å². The van der Waals surface area contributed by atoms with Gasteiger partial charge < -0.3 is 10.1 Å². The monoisotopic (exact) mass is 394 g/mol. The molecular weight excluding hydrogens is 368 g/mol. The summed E-state index contributed by atoms with van der Waals surface area (Å²) >= 11 is 1.49. The van der Waals surface area contributed by atoms with E-state index in [1.165, 1.54) is 11.3 Å². The van der Waals surface area contributed by atoms with Gasteiger partial charge in [0.2, 0.25) is 0 Å². The fraction of sp³-hybridized carbons (Fsp3) is 0.526. The number of fused-ring (bicyclic) bond motifs is 1. The third kappa shape index (κ3) is 5.13. The highest BCUT2D eigenvalue weighted by Gasteiger charge is 2.18. The van der Waals surface area contributed by atoms with Gasteiger partial charge in [-0.05, 0) is 36.4 Å². The molecule has 0 saturated carbocycles. The van der Waals surface area contributed by atoms with Gasteiger partial charge in [-0.15, -0.1) is 11.3 Å². The van der Waals surface area contributed by atoms with Crippen molar-refractivity contribution in [1.82, 2.24) is 10.2 Å². The van der Waals surface area contributed by atoms with Gasteiger partial charge in [0.25, 0.3) is 5.91 Å². The second-order valence-electron chi connectivity index (χ2n) is 6.54. The summed E-state index contributed by atoms with van der Waals surface area (Å²) in [4.78, 5) is 15.8.